The summed E-state index contributed by atoms with van der Waals surface area (Å²) in [7, 11) is 3.99. The van der Waals surface area contributed by atoms with E-state index < -0.39 is 11.9 Å². The van der Waals surface area contributed by atoms with Crippen LogP contribution in [-0.4, -0.2) is 64.9 Å². The number of rotatable bonds is 6. The van der Waals surface area contributed by atoms with Gasteiger partial charge in [0.2, 0.25) is 5.91 Å². The molecule has 1 saturated heterocycles. The van der Waals surface area contributed by atoms with Gasteiger partial charge in [-0.25, -0.2) is 9.37 Å². The molecule has 1 amide bonds. The topological polar surface area (TPSA) is 87.5 Å². The zero-order chi connectivity index (χ0) is 21.4. The number of nitrogens with zero attached hydrogens (tertiary/aromatic N) is 3. The molecule has 0 spiro atoms. The smallest absolute Gasteiger partial charge is 0.239 e. The van der Waals surface area contributed by atoms with Crippen molar-refractivity contribution >= 4 is 16.9 Å². The minimum absolute atomic E-state index is 0.101. The van der Waals surface area contributed by atoms with Gasteiger partial charge in [0.15, 0.2) is 11.6 Å². The summed E-state index contributed by atoms with van der Waals surface area (Å²) in [6.07, 6.45) is 3.72. The Kier molecular flexibility index (Phi) is 5.44. The minimum Gasteiger partial charge on any atom is -0.453 e. The van der Waals surface area contributed by atoms with Crippen molar-refractivity contribution in [2.45, 2.75) is 25.4 Å². The number of fused-ring (bicyclic) bond motifs is 1. The molecule has 1 aliphatic heterocycles. The molecule has 158 valence electrons. The van der Waals surface area contributed by atoms with Crippen LogP contribution in [-0.2, 0) is 11.2 Å². The highest BCUT2D eigenvalue weighted by Crippen LogP contribution is 2.32. The SMILES string of the molecule is Cc1c[nH]c2nccc(Oc3ccc(C[C@H](N)C(=O)N4CC(N(C)C)C4)cc3F)c12. The highest BCUT2D eigenvalue weighted by Gasteiger charge is 2.34. The molecule has 3 aromatic rings. The highest BCUT2D eigenvalue weighted by atomic mass is 19.1. The van der Waals surface area contributed by atoms with E-state index >= 15 is 0 Å². The second-order valence-electron chi connectivity index (χ2n) is 8.04. The first-order valence-electron chi connectivity index (χ1n) is 9.93. The molecule has 1 aliphatic rings. The molecule has 3 heterocycles. The number of aromatic amines is 1. The van der Waals surface area contributed by atoms with Gasteiger partial charge in [-0.05, 0) is 56.8 Å². The number of benzene rings is 1. The van der Waals surface area contributed by atoms with Crippen LogP contribution >= 0.6 is 0 Å². The van der Waals surface area contributed by atoms with Crippen molar-refractivity contribution < 1.29 is 13.9 Å². The number of carbonyl (C=O) groups is 1. The van der Waals surface area contributed by atoms with Gasteiger partial charge in [-0.3, -0.25) is 4.79 Å². The van der Waals surface area contributed by atoms with Crippen LogP contribution in [0.15, 0.2) is 36.7 Å². The number of pyridine rings is 1. The van der Waals surface area contributed by atoms with E-state index in [2.05, 4.69) is 14.9 Å². The van der Waals surface area contributed by atoms with E-state index in [1.807, 2.05) is 27.2 Å². The number of nitrogens with two attached hydrogens (primary N) is 1. The first-order chi connectivity index (χ1) is 14.3. The Bertz CT molecular complexity index is 1070. The Balaban J connectivity index is 1.43. The van der Waals surface area contributed by atoms with E-state index in [1.54, 1.807) is 29.3 Å². The largest absolute Gasteiger partial charge is 0.453 e. The van der Waals surface area contributed by atoms with Crippen LogP contribution in [0.5, 0.6) is 11.5 Å². The molecule has 0 aliphatic carbocycles. The van der Waals surface area contributed by atoms with Crippen LogP contribution < -0.4 is 10.5 Å². The van der Waals surface area contributed by atoms with Crippen LogP contribution in [0, 0.1) is 12.7 Å². The summed E-state index contributed by atoms with van der Waals surface area (Å²) in [6, 6.07) is 6.08. The Morgan fingerprint density at radius 3 is 2.83 bits per heavy atom. The maximum absolute atomic E-state index is 14.7. The fourth-order valence-corrected chi connectivity index (χ4v) is 3.68. The molecule has 0 bridgehead atoms. The first kappa shape index (κ1) is 20.3. The van der Waals surface area contributed by atoms with Crippen LogP contribution in [0.1, 0.15) is 11.1 Å². The number of hydrogen-bond acceptors (Lipinski definition) is 5. The summed E-state index contributed by atoms with van der Waals surface area (Å²) in [5.41, 5.74) is 8.41. The Morgan fingerprint density at radius 2 is 2.13 bits per heavy atom. The average Bonchev–Trinajstić information content (AvgIpc) is 3.04. The maximum Gasteiger partial charge on any atom is 0.239 e. The Hall–Kier alpha value is -2.97. The van der Waals surface area contributed by atoms with E-state index in [1.165, 1.54) is 6.07 Å². The number of ether oxygens (including phenoxy) is 1. The lowest BCUT2D eigenvalue weighted by Gasteiger charge is -2.43. The van der Waals surface area contributed by atoms with E-state index in [9.17, 15) is 9.18 Å². The fourth-order valence-electron chi connectivity index (χ4n) is 3.68. The molecule has 1 fully saturated rings. The molecule has 4 rings (SSSR count). The minimum atomic E-state index is -0.693. The third kappa shape index (κ3) is 3.88. The molecule has 2 aromatic heterocycles. The van der Waals surface area contributed by atoms with Crippen molar-refractivity contribution in [3.8, 4) is 11.5 Å². The van der Waals surface area contributed by atoms with Crippen molar-refractivity contribution in [2.24, 2.45) is 5.73 Å². The molecule has 7 nitrogen and oxygen atoms in total. The molecule has 0 unspecified atom stereocenters. The summed E-state index contributed by atoms with van der Waals surface area (Å²) >= 11 is 0. The Labute approximate surface area is 174 Å². The molecular formula is C22H26FN5O2. The number of hydrogen-bond donors (Lipinski definition) is 2. The molecule has 8 heteroatoms. The number of amides is 1. The van der Waals surface area contributed by atoms with Crippen molar-refractivity contribution in [3.63, 3.8) is 0 Å². The third-order valence-corrected chi connectivity index (χ3v) is 5.63. The fraction of sp³-hybridized carbons (Fsp3) is 0.364. The van der Waals surface area contributed by atoms with Gasteiger partial charge in [0.25, 0.3) is 0 Å². The van der Waals surface area contributed by atoms with Crippen LogP contribution in [0.25, 0.3) is 11.0 Å². The van der Waals surface area contributed by atoms with Gasteiger partial charge in [0, 0.05) is 31.5 Å². The van der Waals surface area contributed by atoms with Crippen LogP contribution in [0.3, 0.4) is 0 Å². The summed E-state index contributed by atoms with van der Waals surface area (Å²) < 4.78 is 20.5. The van der Waals surface area contributed by atoms with E-state index in [0.29, 0.717) is 36.1 Å². The summed E-state index contributed by atoms with van der Waals surface area (Å²) in [5, 5.41) is 0.819. The molecule has 30 heavy (non-hydrogen) atoms. The van der Waals surface area contributed by atoms with Crippen LogP contribution in [0.4, 0.5) is 4.39 Å². The second-order valence-corrected chi connectivity index (χ2v) is 8.04. The van der Waals surface area contributed by atoms with Crippen molar-refractivity contribution in [3.05, 3.63) is 53.6 Å². The number of aryl methyl sites for hydroxylation is 1. The van der Waals surface area contributed by atoms with Gasteiger partial charge in [0.05, 0.1) is 11.4 Å². The van der Waals surface area contributed by atoms with Gasteiger partial charge in [-0.2, -0.15) is 0 Å². The monoisotopic (exact) mass is 411 g/mol. The number of aromatic nitrogens is 2. The summed E-state index contributed by atoms with van der Waals surface area (Å²) in [6.45, 7) is 3.30. The lowest BCUT2D eigenvalue weighted by molar-refractivity contribution is -0.139. The number of H-pyrrole nitrogens is 1. The number of carbonyl (C=O) groups excluding carboxylic acids is 1. The second kappa shape index (κ2) is 8.04. The zero-order valence-corrected chi connectivity index (χ0v) is 17.4. The lowest BCUT2D eigenvalue weighted by Crippen LogP contribution is -2.62. The third-order valence-electron chi connectivity index (χ3n) is 5.63. The average molecular weight is 411 g/mol. The number of likely N-dealkylation sites (tertiary alicyclic amines) is 1. The molecular weight excluding hydrogens is 385 g/mol. The van der Waals surface area contributed by atoms with Gasteiger partial charge in [-0.1, -0.05) is 6.07 Å². The molecule has 1 aromatic carbocycles. The van der Waals surface area contributed by atoms with Gasteiger partial charge >= 0.3 is 0 Å². The quantitative estimate of drug-likeness (QED) is 0.651. The van der Waals surface area contributed by atoms with E-state index in [0.717, 1.165) is 10.9 Å². The van der Waals surface area contributed by atoms with E-state index in [4.69, 9.17) is 10.5 Å². The summed E-state index contributed by atoms with van der Waals surface area (Å²) in [5.74, 6) is 0.0479. The van der Waals surface area contributed by atoms with Crippen molar-refractivity contribution in [2.75, 3.05) is 27.2 Å². The summed E-state index contributed by atoms with van der Waals surface area (Å²) in [4.78, 5) is 23.6. The number of halogens is 1. The lowest BCUT2D eigenvalue weighted by atomic mass is 10.0. The molecule has 0 saturated carbocycles. The van der Waals surface area contributed by atoms with E-state index in [-0.39, 0.29) is 18.1 Å². The van der Waals surface area contributed by atoms with Gasteiger partial charge < -0.3 is 25.3 Å². The van der Waals surface area contributed by atoms with Crippen molar-refractivity contribution in [1.82, 2.24) is 19.8 Å². The number of likely N-dealkylation sites (N-methyl/N-ethyl adjacent to an activating group) is 1. The first-order valence-corrected chi connectivity index (χ1v) is 9.93. The molecule has 3 N–H and O–H groups in total. The van der Waals surface area contributed by atoms with Gasteiger partial charge in [0.1, 0.15) is 11.4 Å². The van der Waals surface area contributed by atoms with Crippen molar-refractivity contribution in [1.29, 1.82) is 0 Å². The zero-order valence-electron chi connectivity index (χ0n) is 17.4. The standard InChI is InChI=1S/C22H26FN5O2/c1-13-10-26-21-20(13)19(6-7-25-21)30-18-5-4-14(8-16(18)23)9-17(24)22(29)28-11-15(12-28)27(2)3/h4-8,10,15,17H,9,11-12,24H2,1-3H3,(H,25,26)/t17-/m0/s1. The predicted octanol–water partition coefficient (Wildman–Crippen LogP) is 2.44. The van der Waals surface area contributed by atoms with Crippen LogP contribution in [0.2, 0.25) is 0 Å². The Morgan fingerprint density at radius 1 is 1.37 bits per heavy atom. The molecule has 0 radical (unpaired) electrons. The highest BCUT2D eigenvalue weighted by molar-refractivity contribution is 5.86. The van der Waals surface area contributed by atoms with Gasteiger partial charge in [-0.15, -0.1) is 0 Å². The normalized spacial score (nSPS) is 15.5. The molecule has 1 atom stereocenters. The predicted molar refractivity (Wildman–Crippen MR) is 113 cm³/mol. The maximum atomic E-state index is 14.7. The number of nitrogens with one attached hydrogen (secondary N) is 1.